The maximum absolute atomic E-state index is 12.5. The Bertz CT molecular complexity index is 386. The van der Waals surface area contributed by atoms with Crippen molar-refractivity contribution in [2.45, 2.75) is 44.6 Å². The molecule has 0 unspecified atom stereocenters. The Morgan fingerprint density at radius 2 is 2.06 bits per heavy atom. The van der Waals surface area contributed by atoms with Gasteiger partial charge in [0.25, 0.3) is 0 Å². The highest BCUT2D eigenvalue weighted by Crippen LogP contribution is 2.32. The van der Waals surface area contributed by atoms with Gasteiger partial charge in [-0.05, 0) is 25.3 Å². The average Bonchev–Trinajstić information content (AvgIpc) is 2.36. The molecule has 0 radical (unpaired) electrons. The second-order valence-electron chi connectivity index (χ2n) is 5.31. The summed E-state index contributed by atoms with van der Waals surface area (Å²) < 4.78 is 0. The summed E-state index contributed by atoms with van der Waals surface area (Å²) in [6, 6.07) is 0. The Morgan fingerprint density at radius 1 is 1.39 bits per heavy atom. The number of carbonyl (C=O) groups excluding carboxylic acids is 2. The molecule has 2 fully saturated rings. The van der Waals surface area contributed by atoms with E-state index in [2.05, 4.69) is 5.32 Å². The fraction of sp³-hybridized carbons (Fsp3) is 0.692. The first-order chi connectivity index (χ1) is 8.57. The van der Waals surface area contributed by atoms with E-state index in [1.165, 1.54) is 5.54 Å². The molecule has 18 heavy (non-hydrogen) atoms. The van der Waals surface area contributed by atoms with Crippen LogP contribution < -0.4 is 5.32 Å². The van der Waals surface area contributed by atoms with Crippen LogP contribution in [0.4, 0.5) is 0 Å². The van der Waals surface area contributed by atoms with E-state index < -0.39 is 5.54 Å². The Balaban J connectivity index is 2.17. The van der Waals surface area contributed by atoms with Gasteiger partial charge >= 0.3 is 0 Å². The summed E-state index contributed by atoms with van der Waals surface area (Å²) in [5.41, 5.74) is 1.72. The van der Waals surface area contributed by atoms with Gasteiger partial charge in [0.05, 0.1) is 6.54 Å². The number of nitrogens with one attached hydrogen (secondary N) is 1. The topological polar surface area (TPSA) is 49.4 Å². The van der Waals surface area contributed by atoms with Crippen molar-refractivity contribution in [2.75, 3.05) is 13.1 Å². The molecule has 0 aromatic heterocycles. The zero-order valence-corrected chi connectivity index (χ0v) is 11.4. The van der Waals surface area contributed by atoms with Gasteiger partial charge in [-0.15, -0.1) is 0 Å². The Labute approximate surface area is 112 Å². The lowest BCUT2D eigenvalue weighted by atomic mass is 9.79. The molecule has 0 bridgehead atoms. The third-order valence-corrected chi connectivity index (χ3v) is 4.12. The quantitative estimate of drug-likeness (QED) is 0.832. The molecule has 2 aliphatic rings. The standard InChI is InChI=1S/C13H19ClN2O2/c1-10(7-14)8-16-9-11(17)15-13(12(16)18)5-3-2-4-6-13/h7H,2-6,8-9H2,1H3,(H,15,17). The zero-order valence-electron chi connectivity index (χ0n) is 10.7. The smallest absolute Gasteiger partial charge is 0.249 e. The summed E-state index contributed by atoms with van der Waals surface area (Å²) in [6.07, 6.45) is 4.68. The first-order valence-corrected chi connectivity index (χ1v) is 6.87. The number of piperazine rings is 1. The summed E-state index contributed by atoms with van der Waals surface area (Å²) in [7, 11) is 0. The molecule has 100 valence electrons. The van der Waals surface area contributed by atoms with Crippen LogP contribution >= 0.6 is 11.6 Å². The molecule has 5 heteroatoms. The number of carbonyl (C=O) groups is 2. The van der Waals surface area contributed by atoms with E-state index >= 15 is 0 Å². The van der Waals surface area contributed by atoms with Crippen molar-refractivity contribution in [2.24, 2.45) is 0 Å². The molecule has 1 aliphatic carbocycles. The number of amides is 2. The first kappa shape index (κ1) is 13.4. The molecular weight excluding hydrogens is 252 g/mol. The van der Waals surface area contributed by atoms with E-state index in [0.717, 1.165) is 37.7 Å². The van der Waals surface area contributed by atoms with Gasteiger partial charge in [-0.2, -0.15) is 0 Å². The molecule has 1 spiro atoms. The van der Waals surface area contributed by atoms with Gasteiger partial charge in [0.2, 0.25) is 11.8 Å². The lowest BCUT2D eigenvalue weighted by Gasteiger charge is -2.44. The molecular formula is C13H19ClN2O2. The molecule has 0 atom stereocenters. The van der Waals surface area contributed by atoms with Gasteiger partial charge in [-0.3, -0.25) is 9.59 Å². The Kier molecular flexibility index (Phi) is 3.95. The van der Waals surface area contributed by atoms with E-state index in [4.69, 9.17) is 11.6 Å². The van der Waals surface area contributed by atoms with Gasteiger partial charge in [0, 0.05) is 12.1 Å². The lowest BCUT2D eigenvalue weighted by molar-refractivity contribution is -0.151. The van der Waals surface area contributed by atoms with Crippen LogP contribution in [0.1, 0.15) is 39.0 Å². The van der Waals surface area contributed by atoms with Crippen LogP contribution in [0.3, 0.4) is 0 Å². The van der Waals surface area contributed by atoms with E-state index in [9.17, 15) is 9.59 Å². The minimum absolute atomic E-state index is 0.0552. The third kappa shape index (κ3) is 2.53. The molecule has 1 saturated carbocycles. The third-order valence-electron chi connectivity index (χ3n) is 3.74. The van der Waals surface area contributed by atoms with Crippen LogP contribution in [-0.2, 0) is 9.59 Å². The second kappa shape index (κ2) is 5.31. The summed E-state index contributed by atoms with van der Waals surface area (Å²) in [4.78, 5) is 26.0. The highest BCUT2D eigenvalue weighted by molar-refractivity contribution is 6.25. The Hall–Kier alpha value is -1.03. The van der Waals surface area contributed by atoms with Crippen molar-refractivity contribution < 1.29 is 9.59 Å². The second-order valence-corrected chi connectivity index (χ2v) is 5.53. The molecule has 1 N–H and O–H groups in total. The zero-order chi connectivity index (χ0) is 13.2. The number of nitrogens with zero attached hydrogens (tertiary/aromatic N) is 1. The number of rotatable bonds is 2. The maximum Gasteiger partial charge on any atom is 0.249 e. The van der Waals surface area contributed by atoms with E-state index in [-0.39, 0.29) is 18.4 Å². The number of hydrogen-bond donors (Lipinski definition) is 1. The van der Waals surface area contributed by atoms with Crippen molar-refractivity contribution in [3.8, 4) is 0 Å². The highest BCUT2D eigenvalue weighted by atomic mass is 35.5. The maximum atomic E-state index is 12.5. The van der Waals surface area contributed by atoms with Crippen molar-refractivity contribution in [3.05, 3.63) is 11.1 Å². The summed E-state index contributed by atoms with van der Waals surface area (Å²) in [5, 5.41) is 2.92. The van der Waals surface area contributed by atoms with Crippen molar-refractivity contribution in [1.29, 1.82) is 0 Å². The number of hydrogen-bond acceptors (Lipinski definition) is 2. The monoisotopic (exact) mass is 270 g/mol. The minimum atomic E-state index is -0.639. The fourth-order valence-corrected chi connectivity index (χ4v) is 2.93. The van der Waals surface area contributed by atoms with E-state index in [1.54, 1.807) is 4.90 Å². The van der Waals surface area contributed by atoms with Crippen LogP contribution in [0.15, 0.2) is 11.1 Å². The van der Waals surface area contributed by atoms with Crippen LogP contribution in [0.2, 0.25) is 0 Å². The van der Waals surface area contributed by atoms with Crippen LogP contribution in [0.25, 0.3) is 0 Å². The summed E-state index contributed by atoms with van der Waals surface area (Å²) in [5.74, 6) is -0.00135. The SMILES string of the molecule is CC(=CCl)CN1CC(=O)NC2(CCCCC2)C1=O. The lowest BCUT2D eigenvalue weighted by Crippen LogP contribution is -2.67. The normalized spacial score (nSPS) is 24.3. The van der Waals surface area contributed by atoms with E-state index in [1.807, 2.05) is 6.92 Å². The molecule has 1 aliphatic heterocycles. The van der Waals surface area contributed by atoms with Gasteiger partial charge in [-0.1, -0.05) is 30.9 Å². The van der Waals surface area contributed by atoms with Crippen LogP contribution in [0, 0.1) is 0 Å². The first-order valence-electron chi connectivity index (χ1n) is 6.44. The number of halogens is 1. The predicted molar refractivity (Wildman–Crippen MR) is 70.1 cm³/mol. The highest BCUT2D eigenvalue weighted by Gasteiger charge is 2.46. The van der Waals surface area contributed by atoms with Gasteiger partial charge < -0.3 is 10.2 Å². The Morgan fingerprint density at radius 3 is 2.67 bits per heavy atom. The van der Waals surface area contributed by atoms with Gasteiger partial charge in [-0.25, -0.2) is 0 Å². The largest absolute Gasteiger partial charge is 0.340 e. The molecule has 2 amide bonds. The summed E-state index contributed by atoms with van der Waals surface area (Å²) in [6.45, 7) is 2.44. The summed E-state index contributed by atoms with van der Waals surface area (Å²) >= 11 is 5.63. The van der Waals surface area contributed by atoms with Crippen LogP contribution in [0.5, 0.6) is 0 Å². The molecule has 2 rings (SSSR count). The molecule has 1 saturated heterocycles. The van der Waals surface area contributed by atoms with Crippen molar-refractivity contribution in [3.63, 3.8) is 0 Å². The molecule has 1 heterocycles. The predicted octanol–water partition coefficient (Wildman–Crippen LogP) is 1.79. The van der Waals surface area contributed by atoms with Gasteiger partial charge in [0.15, 0.2) is 0 Å². The average molecular weight is 271 g/mol. The molecule has 0 aromatic rings. The molecule has 4 nitrogen and oxygen atoms in total. The minimum Gasteiger partial charge on any atom is -0.340 e. The van der Waals surface area contributed by atoms with Crippen LogP contribution in [-0.4, -0.2) is 35.3 Å². The van der Waals surface area contributed by atoms with Crippen molar-refractivity contribution in [1.82, 2.24) is 10.2 Å². The van der Waals surface area contributed by atoms with E-state index in [0.29, 0.717) is 6.54 Å². The fourth-order valence-electron chi connectivity index (χ4n) is 2.87. The van der Waals surface area contributed by atoms with Gasteiger partial charge in [0.1, 0.15) is 5.54 Å². The molecule has 0 aromatic carbocycles. The van der Waals surface area contributed by atoms with Crippen molar-refractivity contribution >= 4 is 23.4 Å².